The van der Waals surface area contributed by atoms with Crippen molar-refractivity contribution in [3.8, 4) is 5.75 Å². The number of halogens is 1. The maximum absolute atomic E-state index is 13.1. The van der Waals surface area contributed by atoms with Crippen molar-refractivity contribution in [3.63, 3.8) is 0 Å². The summed E-state index contributed by atoms with van der Waals surface area (Å²) in [5, 5.41) is 3.50. The van der Waals surface area contributed by atoms with Gasteiger partial charge in [0.15, 0.2) is 0 Å². The number of amides is 2. The van der Waals surface area contributed by atoms with Crippen LogP contribution < -0.4 is 10.1 Å². The van der Waals surface area contributed by atoms with E-state index in [0.717, 1.165) is 16.9 Å². The monoisotopic (exact) mass is 416 g/mol. The molecule has 0 bridgehead atoms. The molecule has 0 saturated heterocycles. The van der Waals surface area contributed by atoms with Gasteiger partial charge in [-0.3, -0.25) is 9.59 Å². The van der Waals surface area contributed by atoms with E-state index in [9.17, 15) is 9.59 Å². The summed E-state index contributed by atoms with van der Waals surface area (Å²) in [6.45, 7) is 4.68. The Morgan fingerprint density at radius 2 is 1.79 bits per heavy atom. The van der Waals surface area contributed by atoms with Crippen LogP contribution in [0.3, 0.4) is 0 Å². The minimum Gasteiger partial charge on any atom is -0.497 e. The Balaban J connectivity index is 2.20. The van der Waals surface area contributed by atoms with Gasteiger partial charge in [0, 0.05) is 24.5 Å². The van der Waals surface area contributed by atoms with Gasteiger partial charge >= 0.3 is 0 Å². The van der Waals surface area contributed by atoms with Gasteiger partial charge in [0.2, 0.25) is 11.8 Å². The Morgan fingerprint density at radius 1 is 1.10 bits per heavy atom. The first-order valence-corrected chi connectivity index (χ1v) is 10.3. The zero-order valence-electron chi connectivity index (χ0n) is 17.3. The average molecular weight is 417 g/mol. The van der Waals surface area contributed by atoms with Crippen molar-refractivity contribution in [1.29, 1.82) is 0 Å². The van der Waals surface area contributed by atoms with Crippen LogP contribution in [-0.2, 0) is 22.6 Å². The van der Waals surface area contributed by atoms with E-state index in [-0.39, 0.29) is 18.2 Å². The molecule has 0 radical (unpaired) electrons. The number of methoxy groups -OCH3 is 1. The summed E-state index contributed by atoms with van der Waals surface area (Å²) < 4.78 is 5.20. The van der Waals surface area contributed by atoms with Crippen molar-refractivity contribution in [1.82, 2.24) is 10.2 Å². The Hall–Kier alpha value is -2.53. The van der Waals surface area contributed by atoms with Gasteiger partial charge in [0.1, 0.15) is 11.8 Å². The molecule has 0 saturated carbocycles. The third kappa shape index (κ3) is 6.50. The number of carbonyl (C=O) groups is 2. The highest BCUT2D eigenvalue weighted by Gasteiger charge is 2.28. The largest absolute Gasteiger partial charge is 0.497 e. The Kier molecular flexibility index (Phi) is 9.00. The van der Waals surface area contributed by atoms with Crippen LogP contribution in [0.2, 0.25) is 5.02 Å². The summed E-state index contributed by atoms with van der Waals surface area (Å²) in [5.74, 6) is 0.551. The van der Waals surface area contributed by atoms with Gasteiger partial charge < -0.3 is 15.0 Å². The van der Waals surface area contributed by atoms with E-state index in [1.165, 1.54) is 0 Å². The van der Waals surface area contributed by atoms with Crippen LogP contribution in [0.1, 0.15) is 37.8 Å². The lowest BCUT2D eigenvalue weighted by Crippen LogP contribution is -2.49. The molecule has 0 aromatic heterocycles. The number of hydrogen-bond acceptors (Lipinski definition) is 3. The van der Waals surface area contributed by atoms with Crippen LogP contribution in [0, 0.1) is 0 Å². The molecule has 0 aliphatic heterocycles. The Labute approximate surface area is 178 Å². The predicted molar refractivity (Wildman–Crippen MR) is 116 cm³/mol. The highest BCUT2D eigenvalue weighted by molar-refractivity contribution is 6.31. The van der Waals surface area contributed by atoms with Gasteiger partial charge in [-0.15, -0.1) is 0 Å². The van der Waals surface area contributed by atoms with Gasteiger partial charge in [-0.1, -0.05) is 48.9 Å². The number of carbonyl (C=O) groups excluding carboxylic acids is 2. The quantitative estimate of drug-likeness (QED) is 0.630. The van der Waals surface area contributed by atoms with E-state index in [0.29, 0.717) is 31.0 Å². The molecule has 2 aromatic rings. The SMILES string of the molecule is CCNC(=O)[C@@H](CC)N(Cc1ccc(OC)cc1)C(=O)CCc1ccccc1Cl. The number of rotatable bonds is 10. The zero-order valence-corrected chi connectivity index (χ0v) is 18.0. The smallest absolute Gasteiger partial charge is 0.242 e. The summed E-state index contributed by atoms with van der Waals surface area (Å²) in [4.78, 5) is 27.4. The second kappa shape index (κ2) is 11.5. The van der Waals surface area contributed by atoms with E-state index in [2.05, 4.69) is 5.32 Å². The minimum absolute atomic E-state index is 0.0705. The number of hydrogen-bond donors (Lipinski definition) is 1. The molecule has 0 unspecified atom stereocenters. The van der Waals surface area contributed by atoms with Gasteiger partial charge in [0.05, 0.1) is 7.11 Å². The van der Waals surface area contributed by atoms with Crippen molar-refractivity contribution < 1.29 is 14.3 Å². The van der Waals surface area contributed by atoms with Crippen LogP contribution in [0.15, 0.2) is 48.5 Å². The number of nitrogens with zero attached hydrogens (tertiary/aromatic N) is 1. The minimum atomic E-state index is -0.518. The molecule has 0 fully saturated rings. The number of nitrogens with one attached hydrogen (secondary N) is 1. The lowest BCUT2D eigenvalue weighted by Gasteiger charge is -2.30. The predicted octanol–water partition coefficient (Wildman–Crippen LogP) is 4.22. The molecule has 2 aromatic carbocycles. The fraction of sp³-hybridized carbons (Fsp3) is 0.391. The lowest BCUT2D eigenvalue weighted by atomic mass is 10.1. The fourth-order valence-corrected chi connectivity index (χ4v) is 3.46. The second-order valence-corrected chi connectivity index (χ2v) is 7.19. The Bertz CT molecular complexity index is 808. The molecule has 6 heteroatoms. The molecule has 0 aliphatic rings. The summed E-state index contributed by atoms with van der Waals surface area (Å²) in [6.07, 6.45) is 1.36. The van der Waals surface area contributed by atoms with Gasteiger partial charge in [-0.05, 0) is 49.1 Å². The van der Waals surface area contributed by atoms with Crippen LogP contribution >= 0.6 is 11.6 Å². The number of ether oxygens (including phenoxy) is 1. The molecule has 0 aliphatic carbocycles. The normalized spacial score (nSPS) is 11.6. The van der Waals surface area contributed by atoms with E-state index < -0.39 is 6.04 Å². The molecule has 1 N–H and O–H groups in total. The van der Waals surface area contributed by atoms with Crippen molar-refractivity contribution in [2.45, 2.75) is 45.7 Å². The number of benzene rings is 2. The molecule has 0 spiro atoms. The van der Waals surface area contributed by atoms with Crippen molar-refractivity contribution in [2.24, 2.45) is 0 Å². The zero-order chi connectivity index (χ0) is 21.2. The van der Waals surface area contributed by atoms with E-state index in [4.69, 9.17) is 16.3 Å². The molecule has 1 atom stereocenters. The average Bonchev–Trinajstić information content (AvgIpc) is 2.73. The van der Waals surface area contributed by atoms with E-state index in [1.54, 1.807) is 12.0 Å². The van der Waals surface area contributed by atoms with Crippen LogP contribution in [0.4, 0.5) is 0 Å². The summed E-state index contributed by atoms with van der Waals surface area (Å²) in [5.41, 5.74) is 1.87. The van der Waals surface area contributed by atoms with Crippen molar-refractivity contribution in [3.05, 3.63) is 64.7 Å². The van der Waals surface area contributed by atoms with E-state index in [1.807, 2.05) is 62.4 Å². The lowest BCUT2D eigenvalue weighted by molar-refractivity contribution is -0.141. The Morgan fingerprint density at radius 3 is 2.38 bits per heavy atom. The first kappa shape index (κ1) is 22.8. The molecule has 5 nitrogen and oxygen atoms in total. The molecular weight excluding hydrogens is 388 g/mol. The van der Waals surface area contributed by atoms with Crippen LogP contribution in [0.25, 0.3) is 0 Å². The van der Waals surface area contributed by atoms with Gasteiger partial charge in [0.25, 0.3) is 0 Å². The van der Waals surface area contributed by atoms with Crippen LogP contribution in [0.5, 0.6) is 5.75 Å². The van der Waals surface area contributed by atoms with Crippen molar-refractivity contribution >= 4 is 23.4 Å². The molecule has 156 valence electrons. The summed E-state index contributed by atoms with van der Waals surface area (Å²) in [7, 11) is 1.61. The molecular formula is C23H29ClN2O3. The highest BCUT2D eigenvalue weighted by atomic mass is 35.5. The molecule has 2 amide bonds. The highest BCUT2D eigenvalue weighted by Crippen LogP contribution is 2.20. The maximum atomic E-state index is 13.1. The molecule has 29 heavy (non-hydrogen) atoms. The third-order valence-corrected chi connectivity index (χ3v) is 5.18. The number of likely N-dealkylation sites (N-methyl/N-ethyl adjacent to an activating group) is 1. The summed E-state index contributed by atoms with van der Waals surface area (Å²) in [6, 6.07) is 14.5. The van der Waals surface area contributed by atoms with Crippen molar-refractivity contribution in [2.75, 3.05) is 13.7 Å². The molecule has 0 heterocycles. The van der Waals surface area contributed by atoms with Gasteiger partial charge in [-0.25, -0.2) is 0 Å². The fourth-order valence-electron chi connectivity index (χ4n) is 3.23. The molecule has 2 rings (SSSR count). The first-order chi connectivity index (χ1) is 14.0. The maximum Gasteiger partial charge on any atom is 0.242 e. The third-order valence-electron chi connectivity index (χ3n) is 4.81. The summed E-state index contributed by atoms with van der Waals surface area (Å²) >= 11 is 6.23. The topological polar surface area (TPSA) is 58.6 Å². The van der Waals surface area contributed by atoms with E-state index >= 15 is 0 Å². The number of aryl methyl sites for hydroxylation is 1. The van der Waals surface area contributed by atoms with Gasteiger partial charge in [-0.2, -0.15) is 0 Å². The van der Waals surface area contributed by atoms with Crippen LogP contribution in [-0.4, -0.2) is 36.4 Å². The second-order valence-electron chi connectivity index (χ2n) is 6.78. The first-order valence-electron chi connectivity index (χ1n) is 9.93. The standard InChI is InChI=1S/C23H29ClN2O3/c1-4-21(23(28)25-5-2)26(16-17-10-13-19(29-3)14-11-17)22(27)15-12-18-8-6-7-9-20(18)24/h6-11,13-14,21H,4-5,12,15-16H2,1-3H3,(H,25,28)/t21-/m1/s1.